The molecule has 0 aliphatic carbocycles. The molecule has 0 aromatic rings. The molecule has 0 saturated carbocycles. The van der Waals surface area contributed by atoms with Crippen LogP contribution in [0, 0.1) is 5.92 Å². The van der Waals surface area contributed by atoms with Crippen molar-refractivity contribution in [1.29, 1.82) is 0 Å². The molecular weight excluding hydrogens is 208 g/mol. The van der Waals surface area contributed by atoms with Gasteiger partial charge in [-0.1, -0.05) is 39.5 Å². The van der Waals surface area contributed by atoms with Crippen LogP contribution in [0.3, 0.4) is 0 Å². The molecule has 0 amide bonds. The number of hydrogen-bond acceptors (Lipinski definition) is 4. The summed E-state index contributed by atoms with van der Waals surface area (Å²) in [6.45, 7) is 4.40. The van der Waals surface area contributed by atoms with Gasteiger partial charge in [-0.3, -0.25) is 10.1 Å². The van der Waals surface area contributed by atoms with E-state index in [0.29, 0.717) is 0 Å². The lowest BCUT2D eigenvalue weighted by atomic mass is 9.96. The van der Waals surface area contributed by atoms with Gasteiger partial charge in [0, 0.05) is 0 Å². The minimum absolute atomic E-state index is 0.0126. The first kappa shape index (κ1) is 15.4. The van der Waals surface area contributed by atoms with Crippen LogP contribution < -0.4 is 0 Å². The van der Waals surface area contributed by atoms with Crippen molar-refractivity contribution in [2.45, 2.75) is 52.4 Å². The molecule has 96 valence electrons. The first-order valence-electron chi connectivity index (χ1n) is 6.19. The van der Waals surface area contributed by atoms with Crippen LogP contribution >= 0.6 is 0 Å². The molecule has 4 heteroatoms. The van der Waals surface area contributed by atoms with Gasteiger partial charge in [0.05, 0.1) is 5.92 Å². The first-order chi connectivity index (χ1) is 7.76. The average molecular weight is 232 g/mol. The molecule has 1 N–H and O–H groups in total. The quantitative estimate of drug-likeness (QED) is 0.272. The molecule has 0 aliphatic rings. The van der Waals surface area contributed by atoms with Gasteiger partial charge in [-0.05, 0) is 12.8 Å². The molecule has 0 radical (unpaired) electrons. The van der Waals surface area contributed by atoms with E-state index in [4.69, 9.17) is 9.99 Å². The number of rotatable bonds is 10. The lowest BCUT2D eigenvalue weighted by Crippen LogP contribution is -2.20. The highest BCUT2D eigenvalue weighted by Gasteiger charge is 2.18. The van der Waals surface area contributed by atoms with E-state index in [0.717, 1.165) is 38.5 Å². The van der Waals surface area contributed by atoms with Crippen molar-refractivity contribution in [3.63, 3.8) is 0 Å². The van der Waals surface area contributed by atoms with Gasteiger partial charge in [0.15, 0.2) is 0 Å². The zero-order valence-electron chi connectivity index (χ0n) is 10.4. The van der Waals surface area contributed by atoms with Gasteiger partial charge in [-0.25, -0.2) is 4.89 Å². The summed E-state index contributed by atoms with van der Waals surface area (Å²) < 4.78 is 5.01. The van der Waals surface area contributed by atoms with Gasteiger partial charge in [-0.2, -0.15) is 0 Å². The minimum atomic E-state index is -0.154. The van der Waals surface area contributed by atoms with Crippen LogP contribution in [0.25, 0.3) is 0 Å². The molecule has 0 atom stereocenters. The molecule has 0 bridgehead atoms. The topological polar surface area (TPSA) is 55.8 Å². The monoisotopic (exact) mass is 232 g/mol. The third kappa shape index (κ3) is 7.65. The van der Waals surface area contributed by atoms with E-state index in [9.17, 15) is 4.79 Å². The van der Waals surface area contributed by atoms with Crippen LogP contribution in [-0.4, -0.2) is 24.4 Å². The Balaban J connectivity index is 3.88. The lowest BCUT2D eigenvalue weighted by molar-refractivity contribution is -0.248. The summed E-state index contributed by atoms with van der Waals surface area (Å²) in [7, 11) is 0. The predicted octanol–water partition coefficient (Wildman–Crippen LogP) is 3.02. The minimum Gasteiger partial charge on any atom is -0.463 e. The van der Waals surface area contributed by atoms with Gasteiger partial charge in [0.25, 0.3) is 0 Å². The van der Waals surface area contributed by atoms with Gasteiger partial charge in [0.1, 0.15) is 13.2 Å². The normalized spacial score (nSPS) is 10.8. The summed E-state index contributed by atoms with van der Waals surface area (Å²) in [5, 5.41) is 8.11. The van der Waals surface area contributed by atoms with E-state index in [1.807, 2.05) is 0 Å². The molecule has 0 aliphatic heterocycles. The third-order valence-electron chi connectivity index (χ3n) is 2.56. The van der Waals surface area contributed by atoms with Crippen molar-refractivity contribution in [2.75, 3.05) is 13.2 Å². The summed E-state index contributed by atoms with van der Waals surface area (Å²) in [4.78, 5) is 15.5. The molecule has 0 aromatic carbocycles. The summed E-state index contributed by atoms with van der Waals surface area (Å²) in [5.74, 6) is -0.141. The molecule has 4 nitrogen and oxygen atoms in total. The Hall–Kier alpha value is -0.610. The Bertz CT molecular complexity index is 162. The first-order valence-corrected chi connectivity index (χ1v) is 6.19. The fraction of sp³-hybridized carbons (Fsp3) is 0.917. The number of carbonyl (C=O) groups is 1. The molecule has 0 rings (SSSR count). The Morgan fingerprint density at radius 3 is 2.12 bits per heavy atom. The number of hydrogen-bond donors (Lipinski definition) is 1. The SMILES string of the molecule is CCCCC(CCCC)C(=O)OCCOO. The van der Waals surface area contributed by atoms with Crippen LogP contribution in [0.4, 0.5) is 0 Å². The predicted molar refractivity (Wildman–Crippen MR) is 62.1 cm³/mol. The maximum absolute atomic E-state index is 11.7. The van der Waals surface area contributed by atoms with E-state index < -0.39 is 0 Å². The number of unbranched alkanes of at least 4 members (excludes halogenated alkanes) is 2. The second kappa shape index (κ2) is 10.9. The molecule has 0 heterocycles. The Morgan fingerprint density at radius 2 is 1.69 bits per heavy atom. The van der Waals surface area contributed by atoms with Crippen molar-refractivity contribution in [2.24, 2.45) is 5.92 Å². The smallest absolute Gasteiger partial charge is 0.309 e. The summed E-state index contributed by atoms with van der Waals surface area (Å²) in [6, 6.07) is 0. The van der Waals surface area contributed by atoms with Crippen molar-refractivity contribution in [3.8, 4) is 0 Å². The maximum Gasteiger partial charge on any atom is 0.309 e. The molecule has 0 aromatic heterocycles. The maximum atomic E-state index is 11.7. The van der Waals surface area contributed by atoms with E-state index in [2.05, 4.69) is 18.7 Å². The zero-order chi connectivity index (χ0) is 12.2. The van der Waals surface area contributed by atoms with Crippen molar-refractivity contribution in [1.82, 2.24) is 0 Å². The Labute approximate surface area is 97.9 Å². The lowest BCUT2D eigenvalue weighted by Gasteiger charge is -2.14. The summed E-state index contributed by atoms with van der Waals surface area (Å²) in [6.07, 6.45) is 6.09. The number of carbonyl (C=O) groups excluding carboxylic acids is 1. The number of ether oxygens (including phenoxy) is 1. The van der Waals surface area contributed by atoms with Crippen molar-refractivity contribution in [3.05, 3.63) is 0 Å². The van der Waals surface area contributed by atoms with Crippen molar-refractivity contribution >= 4 is 5.97 Å². The fourth-order valence-corrected chi connectivity index (χ4v) is 1.58. The highest BCUT2D eigenvalue weighted by atomic mass is 17.1. The van der Waals surface area contributed by atoms with Crippen LogP contribution in [-0.2, 0) is 14.4 Å². The van der Waals surface area contributed by atoms with E-state index in [-0.39, 0.29) is 25.1 Å². The highest BCUT2D eigenvalue weighted by Crippen LogP contribution is 2.17. The Kier molecular flexibility index (Phi) is 10.5. The van der Waals surface area contributed by atoms with Crippen molar-refractivity contribution < 1.29 is 19.7 Å². The van der Waals surface area contributed by atoms with Gasteiger partial charge >= 0.3 is 5.97 Å². The Morgan fingerprint density at radius 1 is 1.12 bits per heavy atom. The van der Waals surface area contributed by atoms with Crippen LogP contribution in [0.15, 0.2) is 0 Å². The molecule has 16 heavy (non-hydrogen) atoms. The van der Waals surface area contributed by atoms with E-state index in [1.54, 1.807) is 0 Å². The zero-order valence-corrected chi connectivity index (χ0v) is 10.4. The summed E-state index contributed by atoms with van der Waals surface area (Å²) in [5.41, 5.74) is 0. The molecule has 0 unspecified atom stereocenters. The van der Waals surface area contributed by atoms with Crippen LogP contribution in [0.2, 0.25) is 0 Å². The second-order valence-electron chi connectivity index (χ2n) is 3.98. The van der Waals surface area contributed by atoms with E-state index in [1.165, 1.54) is 0 Å². The second-order valence-corrected chi connectivity index (χ2v) is 3.98. The van der Waals surface area contributed by atoms with Gasteiger partial charge in [0.2, 0.25) is 0 Å². The van der Waals surface area contributed by atoms with E-state index >= 15 is 0 Å². The van der Waals surface area contributed by atoms with Crippen LogP contribution in [0.1, 0.15) is 52.4 Å². The summed E-state index contributed by atoms with van der Waals surface area (Å²) >= 11 is 0. The van der Waals surface area contributed by atoms with Crippen LogP contribution in [0.5, 0.6) is 0 Å². The standard InChI is InChI=1S/C12H24O4/c1-3-5-7-11(8-6-4-2)12(13)15-9-10-16-14/h11,14H,3-10H2,1-2H3. The number of esters is 1. The largest absolute Gasteiger partial charge is 0.463 e. The van der Waals surface area contributed by atoms with Gasteiger partial charge < -0.3 is 4.74 Å². The van der Waals surface area contributed by atoms with Gasteiger partial charge in [-0.15, -0.1) is 0 Å². The highest BCUT2D eigenvalue weighted by molar-refractivity contribution is 5.72. The molecule has 0 saturated heterocycles. The molecular formula is C12H24O4. The average Bonchev–Trinajstić information content (AvgIpc) is 2.29. The molecule has 0 spiro atoms. The fourth-order valence-electron chi connectivity index (χ4n) is 1.58. The molecule has 0 fully saturated rings. The third-order valence-corrected chi connectivity index (χ3v) is 2.56.